The first-order valence-corrected chi connectivity index (χ1v) is 8.21. The van der Waals surface area contributed by atoms with Crippen LogP contribution in [0.3, 0.4) is 0 Å². The molecule has 1 saturated carbocycles. The standard InChI is InChI=1S/C18H30N2O/c1-13(2)21-18-11-5-15(6-12-18)14(3)20(4)17-9-7-16(19)8-10-17/h5-6,11-14,16-17H,7-10,19H2,1-4H3. The maximum absolute atomic E-state index is 6.01. The highest BCUT2D eigenvalue weighted by Gasteiger charge is 2.25. The van der Waals surface area contributed by atoms with Gasteiger partial charge in [0.15, 0.2) is 0 Å². The lowest BCUT2D eigenvalue weighted by Crippen LogP contribution is -2.39. The molecule has 1 atom stereocenters. The lowest BCUT2D eigenvalue weighted by atomic mass is 9.90. The molecule has 0 saturated heterocycles. The molecule has 2 N–H and O–H groups in total. The Morgan fingerprint density at radius 1 is 1.05 bits per heavy atom. The van der Waals surface area contributed by atoms with E-state index in [0.29, 0.717) is 18.1 Å². The summed E-state index contributed by atoms with van der Waals surface area (Å²) in [6.07, 6.45) is 4.97. The lowest BCUT2D eigenvalue weighted by Gasteiger charge is -2.37. The molecule has 2 rings (SSSR count). The van der Waals surface area contributed by atoms with Gasteiger partial charge in [-0.2, -0.15) is 0 Å². The largest absolute Gasteiger partial charge is 0.491 e. The molecule has 1 fully saturated rings. The minimum atomic E-state index is 0.224. The summed E-state index contributed by atoms with van der Waals surface area (Å²) in [5.74, 6) is 0.951. The normalized spacial score (nSPS) is 24.3. The number of rotatable bonds is 5. The van der Waals surface area contributed by atoms with Crippen molar-refractivity contribution in [3.8, 4) is 5.75 Å². The molecule has 118 valence electrons. The highest BCUT2D eigenvalue weighted by Crippen LogP contribution is 2.29. The topological polar surface area (TPSA) is 38.5 Å². The Morgan fingerprint density at radius 3 is 2.14 bits per heavy atom. The fourth-order valence-electron chi connectivity index (χ4n) is 3.16. The van der Waals surface area contributed by atoms with Crippen molar-refractivity contribution in [3.63, 3.8) is 0 Å². The van der Waals surface area contributed by atoms with Crippen molar-refractivity contribution in [2.24, 2.45) is 5.73 Å². The second-order valence-electron chi connectivity index (χ2n) is 6.65. The van der Waals surface area contributed by atoms with E-state index in [1.807, 2.05) is 0 Å². The van der Waals surface area contributed by atoms with Crippen LogP contribution in [0.25, 0.3) is 0 Å². The van der Waals surface area contributed by atoms with Gasteiger partial charge in [-0.25, -0.2) is 0 Å². The van der Waals surface area contributed by atoms with Gasteiger partial charge in [0, 0.05) is 18.1 Å². The van der Waals surface area contributed by atoms with Crippen LogP contribution >= 0.6 is 0 Å². The average molecular weight is 290 g/mol. The Kier molecular flexibility index (Phi) is 5.65. The zero-order chi connectivity index (χ0) is 15.4. The number of nitrogens with two attached hydrogens (primary N) is 1. The molecule has 1 aliphatic carbocycles. The van der Waals surface area contributed by atoms with Gasteiger partial charge in [0.25, 0.3) is 0 Å². The fraction of sp³-hybridized carbons (Fsp3) is 0.667. The molecule has 0 radical (unpaired) electrons. The SMILES string of the molecule is CC(C)Oc1ccc(C(C)N(C)C2CCC(N)CC2)cc1. The molecule has 1 aromatic rings. The predicted octanol–water partition coefficient (Wildman–Crippen LogP) is 3.74. The average Bonchev–Trinajstić information content (AvgIpc) is 2.47. The van der Waals surface area contributed by atoms with Gasteiger partial charge in [0.05, 0.1) is 6.10 Å². The Hall–Kier alpha value is -1.06. The molecule has 0 aliphatic heterocycles. The first-order valence-electron chi connectivity index (χ1n) is 8.21. The molecule has 0 heterocycles. The van der Waals surface area contributed by atoms with Crippen molar-refractivity contribution >= 4 is 0 Å². The van der Waals surface area contributed by atoms with Crippen molar-refractivity contribution < 1.29 is 4.74 Å². The first kappa shape index (κ1) is 16.3. The zero-order valence-corrected chi connectivity index (χ0v) is 13.9. The van der Waals surface area contributed by atoms with Crippen LogP contribution in [0.4, 0.5) is 0 Å². The van der Waals surface area contributed by atoms with E-state index in [4.69, 9.17) is 10.5 Å². The molecule has 21 heavy (non-hydrogen) atoms. The maximum Gasteiger partial charge on any atom is 0.119 e. The van der Waals surface area contributed by atoms with Crippen molar-refractivity contribution in [2.75, 3.05) is 7.05 Å². The minimum absolute atomic E-state index is 0.224. The van der Waals surface area contributed by atoms with E-state index in [2.05, 4.69) is 57.0 Å². The number of hydrogen-bond donors (Lipinski definition) is 1. The molecule has 3 nitrogen and oxygen atoms in total. The molecule has 0 amide bonds. The molecule has 0 bridgehead atoms. The first-order chi connectivity index (χ1) is 9.97. The van der Waals surface area contributed by atoms with Gasteiger partial charge < -0.3 is 10.5 Å². The molecule has 0 aromatic heterocycles. The Bertz CT molecular complexity index is 421. The second-order valence-corrected chi connectivity index (χ2v) is 6.65. The third kappa shape index (κ3) is 4.45. The number of benzene rings is 1. The molecule has 1 aromatic carbocycles. The monoisotopic (exact) mass is 290 g/mol. The van der Waals surface area contributed by atoms with Crippen LogP contribution in [-0.4, -0.2) is 30.1 Å². The van der Waals surface area contributed by atoms with Crippen molar-refractivity contribution in [3.05, 3.63) is 29.8 Å². The van der Waals surface area contributed by atoms with Gasteiger partial charge in [-0.3, -0.25) is 4.90 Å². The highest BCUT2D eigenvalue weighted by molar-refractivity contribution is 5.29. The van der Waals surface area contributed by atoms with E-state index in [0.717, 1.165) is 18.6 Å². The summed E-state index contributed by atoms with van der Waals surface area (Å²) in [5.41, 5.74) is 7.36. The lowest BCUT2D eigenvalue weighted by molar-refractivity contribution is 0.140. The van der Waals surface area contributed by atoms with E-state index in [9.17, 15) is 0 Å². The Balaban J connectivity index is 1.96. The third-order valence-corrected chi connectivity index (χ3v) is 4.66. The van der Waals surface area contributed by atoms with Gasteiger partial charge in [-0.05, 0) is 71.2 Å². The van der Waals surface area contributed by atoms with Crippen LogP contribution in [0.5, 0.6) is 5.75 Å². The molecule has 3 heteroatoms. The van der Waals surface area contributed by atoms with Crippen molar-refractivity contribution in [2.45, 2.75) is 70.7 Å². The maximum atomic E-state index is 6.01. The van der Waals surface area contributed by atoms with Crippen LogP contribution in [0.1, 0.15) is 58.1 Å². The van der Waals surface area contributed by atoms with E-state index in [1.165, 1.54) is 18.4 Å². The van der Waals surface area contributed by atoms with Crippen LogP contribution in [0.2, 0.25) is 0 Å². The van der Waals surface area contributed by atoms with Gasteiger partial charge in [0.1, 0.15) is 5.75 Å². The molecular formula is C18H30N2O. The molecule has 0 spiro atoms. The quantitative estimate of drug-likeness (QED) is 0.898. The Labute approximate surface area is 129 Å². The fourth-order valence-corrected chi connectivity index (χ4v) is 3.16. The van der Waals surface area contributed by atoms with E-state index in [-0.39, 0.29) is 6.10 Å². The van der Waals surface area contributed by atoms with Crippen LogP contribution in [0.15, 0.2) is 24.3 Å². The summed E-state index contributed by atoms with van der Waals surface area (Å²) < 4.78 is 5.71. The number of hydrogen-bond acceptors (Lipinski definition) is 3. The summed E-state index contributed by atoms with van der Waals surface area (Å²) in [5, 5.41) is 0. The summed E-state index contributed by atoms with van der Waals surface area (Å²) in [6, 6.07) is 10.0. The van der Waals surface area contributed by atoms with Crippen LogP contribution in [-0.2, 0) is 0 Å². The van der Waals surface area contributed by atoms with Gasteiger partial charge in [-0.15, -0.1) is 0 Å². The van der Waals surface area contributed by atoms with E-state index in [1.54, 1.807) is 0 Å². The summed E-state index contributed by atoms with van der Waals surface area (Å²) >= 11 is 0. The summed E-state index contributed by atoms with van der Waals surface area (Å²) in [6.45, 7) is 6.39. The van der Waals surface area contributed by atoms with Crippen molar-refractivity contribution in [1.82, 2.24) is 4.90 Å². The molecule has 1 aliphatic rings. The smallest absolute Gasteiger partial charge is 0.119 e. The van der Waals surface area contributed by atoms with E-state index < -0.39 is 0 Å². The summed E-state index contributed by atoms with van der Waals surface area (Å²) in [4.78, 5) is 2.50. The minimum Gasteiger partial charge on any atom is -0.491 e. The highest BCUT2D eigenvalue weighted by atomic mass is 16.5. The molecule has 1 unspecified atom stereocenters. The van der Waals surface area contributed by atoms with E-state index >= 15 is 0 Å². The zero-order valence-electron chi connectivity index (χ0n) is 13.9. The van der Waals surface area contributed by atoms with Crippen LogP contribution < -0.4 is 10.5 Å². The number of nitrogens with zero attached hydrogens (tertiary/aromatic N) is 1. The molecular weight excluding hydrogens is 260 g/mol. The van der Waals surface area contributed by atoms with Gasteiger partial charge >= 0.3 is 0 Å². The summed E-state index contributed by atoms with van der Waals surface area (Å²) in [7, 11) is 2.24. The third-order valence-electron chi connectivity index (χ3n) is 4.66. The van der Waals surface area contributed by atoms with Gasteiger partial charge in [-0.1, -0.05) is 12.1 Å². The second kappa shape index (κ2) is 7.28. The Morgan fingerprint density at radius 2 is 1.62 bits per heavy atom. The van der Waals surface area contributed by atoms with Crippen molar-refractivity contribution in [1.29, 1.82) is 0 Å². The van der Waals surface area contributed by atoms with Gasteiger partial charge in [0.2, 0.25) is 0 Å². The number of ether oxygens (including phenoxy) is 1. The van der Waals surface area contributed by atoms with Crippen LogP contribution in [0, 0.1) is 0 Å². The predicted molar refractivity (Wildman–Crippen MR) is 88.6 cm³/mol.